The summed E-state index contributed by atoms with van der Waals surface area (Å²) in [5.41, 5.74) is 1.33. The van der Waals surface area contributed by atoms with Gasteiger partial charge >= 0.3 is 0 Å². The Balaban J connectivity index is 1.89. The highest BCUT2D eigenvalue weighted by Gasteiger charge is 2.23. The molecule has 2 nitrogen and oxygen atoms in total. The molecule has 3 rings (SSSR count). The van der Waals surface area contributed by atoms with Gasteiger partial charge in [0.05, 0.1) is 20.8 Å². The maximum atomic E-state index is 13.0. The molecule has 0 aliphatic heterocycles. The van der Waals surface area contributed by atoms with E-state index in [0.29, 0.717) is 20.8 Å². The Hall–Kier alpha value is -1.65. The van der Waals surface area contributed by atoms with Crippen molar-refractivity contribution in [2.45, 2.75) is 10.1 Å². The lowest BCUT2D eigenvalue weighted by molar-refractivity contribution is -0.115. The van der Waals surface area contributed by atoms with Gasteiger partial charge in [-0.05, 0) is 29.8 Å². The SMILES string of the molecule is O=C(Nc1cc(Cl)c(Cl)cc1Cl)C(Sc1ccccc1)c1ccccc1. The molecule has 26 heavy (non-hydrogen) atoms. The molecule has 0 heterocycles. The summed E-state index contributed by atoms with van der Waals surface area (Å²) in [6.07, 6.45) is 0. The first-order valence-corrected chi connectivity index (χ1v) is 9.78. The molecule has 6 heteroatoms. The number of thioether (sulfide) groups is 1. The number of nitrogens with one attached hydrogen (secondary N) is 1. The highest BCUT2D eigenvalue weighted by Crippen LogP contribution is 2.38. The molecule has 0 spiro atoms. The molecule has 0 bridgehead atoms. The molecule has 0 saturated carbocycles. The Bertz CT molecular complexity index is 904. The number of halogens is 3. The van der Waals surface area contributed by atoms with Gasteiger partial charge in [-0.25, -0.2) is 0 Å². The molecule has 0 fully saturated rings. The molecule has 0 aliphatic rings. The van der Waals surface area contributed by atoms with Gasteiger partial charge in [0.1, 0.15) is 5.25 Å². The van der Waals surface area contributed by atoms with Gasteiger partial charge in [-0.1, -0.05) is 83.3 Å². The van der Waals surface area contributed by atoms with E-state index < -0.39 is 5.25 Å². The zero-order valence-electron chi connectivity index (χ0n) is 13.5. The van der Waals surface area contributed by atoms with Crippen LogP contribution in [0.15, 0.2) is 77.7 Å². The first-order chi connectivity index (χ1) is 12.5. The van der Waals surface area contributed by atoms with Crippen LogP contribution in [0.25, 0.3) is 0 Å². The number of amides is 1. The second-order valence-corrected chi connectivity index (χ2v) is 7.86. The van der Waals surface area contributed by atoms with E-state index in [1.54, 1.807) is 6.07 Å². The fourth-order valence-electron chi connectivity index (χ4n) is 2.35. The van der Waals surface area contributed by atoms with Gasteiger partial charge in [-0.3, -0.25) is 4.79 Å². The van der Waals surface area contributed by atoms with Crippen LogP contribution in [0, 0.1) is 0 Å². The standard InChI is InChI=1S/C20H14Cl3NOS/c21-15-11-17(23)18(12-16(15)22)24-20(25)19(13-7-3-1-4-8-13)26-14-9-5-2-6-10-14/h1-12,19H,(H,24,25). The number of rotatable bonds is 5. The van der Waals surface area contributed by atoms with Gasteiger partial charge < -0.3 is 5.32 Å². The van der Waals surface area contributed by atoms with Crippen LogP contribution in [0.1, 0.15) is 10.8 Å². The van der Waals surface area contributed by atoms with Crippen molar-refractivity contribution in [1.82, 2.24) is 0 Å². The summed E-state index contributed by atoms with van der Waals surface area (Å²) in [6.45, 7) is 0. The summed E-state index contributed by atoms with van der Waals surface area (Å²) >= 11 is 19.7. The molecule has 1 N–H and O–H groups in total. The monoisotopic (exact) mass is 421 g/mol. The van der Waals surface area contributed by atoms with Crippen molar-refractivity contribution in [2.24, 2.45) is 0 Å². The van der Waals surface area contributed by atoms with E-state index in [0.717, 1.165) is 10.5 Å². The molecular weight excluding hydrogens is 409 g/mol. The molecule has 0 saturated heterocycles. The van der Waals surface area contributed by atoms with Crippen LogP contribution < -0.4 is 5.32 Å². The van der Waals surface area contributed by atoms with E-state index in [-0.39, 0.29) is 5.91 Å². The van der Waals surface area contributed by atoms with Crippen LogP contribution in [0.2, 0.25) is 15.1 Å². The van der Waals surface area contributed by atoms with Crippen LogP contribution in [0.5, 0.6) is 0 Å². The Morgan fingerprint density at radius 2 is 1.38 bits per heavy atom. The number of hydrogen-bond donors (Lipinski definition) is 1. The largest absolute Gasteiger partial charge is 0.323 e. The van der Waals surface area contributed by atoms with E-state index in [2.05, 4.69) is 5.32 Å². The molecule has 0 aliphatic carbocycles. The summed E-state index contributed by atoms with van der Waals surface area (Å²) in [4.78, 5) is 14.0. The summed E-state index contributed by atoms with van der Waals surface area (Å²) < 4.78 is 0. The molecule has 3 aromatic carbocycles. The molecule has 132 valence electrons. The minimum atomic E-state index is -0.441. The molecule has 1 amide bonds. The van der Waals surface area contributed by atoms with E-state index in [4.69, 9.17) is 34.8 Å². The summed E-state index contributed by atoms with van der Waals surface area (Å²) in [5, 5.41) is 3.43. The number of benzene rings is 3. The first-order valence-electron chi connectivity index (χ1n) is 7.76. The number of hydrogen-bond acceptors (Lipinski definition) is 2. The fraction of sp³-hybridized carbons (Fsp3) is 0.0500. The van der Waals surface area contributed by atoms with Crippen molar-refractivity contribution in [3.63, 3.8) is 0 Å². The Labute approximate surface area is 171 Å². The minimum Gasteiger partial charge on any atom is -0.323 e. The molecule has 0 aromatic heterocycles. The second-order valence-electron chi connectivity index (χ2n) is 5.46. The smallest absolute Gasteiger partial charge is 0.242 e. The van der Waals surface area contributed by atoms with E-state index in [1.807, 2.05) is 60.7 Å². The van der Waals surface area contributed by atoms with Gasteiger partial charge in [-0.2, -0.15) is 0 Å². The van der Waals surface area contributed by atoms with Gasteiger partial charge in [0.25, 0.3) is 0 Å². The molecule has 3 aromatic rings. The van der Waals surface area contributed by atoms with Crippen molar-refractivity contribution in [1.29, 1.82) is 0 Å². The predicted molar refractivity (Wildman–Crippen MR) is 112 cm³/mol. The quantitative estimate of drug-likeness (QED) is 0.350. The van der Waals surface area contributed by atoms with Crippen LogP contribution in [0.4, 0.5) is 5.69 Å². The lowest BCUT2D eigenvalue weighted by Crippen LogP contribution is -2.19. The van der Waals surface area contributed by atoms with E-state index in [9.17, 15) is 4.79 Å². The van der Waals surface area contributed by atoms with Crippen LogP contribution in [-0.4, -0.2) is 5.91 Å². The first kappa shape index (κ1) is 19.1. The second kappa shape index (κ2) is 8.83. The molecular formula is C20H14Cl3NOS. The van der Waals surface area contributed by atoms with Gasteiger partial charge in [-0.15, -0.1) is 11.8 Å². The predicted octanol–water partition coefficient (Wildman–Crippen LogP) is 7.12. The van der Waals surface area contributed by atoms with E-state index >= 15 is 0 Å². The highest BCUT2D eigenvalue weighted by molar-refractivity contribution is 8.00. The fourth-order valence-corrected chi connectivity index (χ4v) is 3.99. The third-order valence-electron chi connectivity index (χ3n) is 3.61. The van der Waals surface area contributed by atoms with Crippen LogP contribution >= 0.6 is 46.6 Å². The topological polar surface area (TPSA) is 29.1 Å². The van der Waals surface area contributed by atoms with Crippen LogP contribution in [0.3, 0.4) is 0 Å². The summed E-state index contributed by atoms with van der Waals surface area (Å²) in [7, 11) is 0. The number of carbonyl (C=O) groups excluding carboxylic acids is 1. The Morgan fingerprint density at radius 3 is 2.04 bits per heavy atom. The summed E-state index contributed by atoms with van der Waals surface area (Å²) in [6, 6.07) is 22.4. The van der Waals surface area contributed by atoms with E-state index in [1.165, 1.54) is 17.8 Å². The zero-order valence-corrected chi connectivity index (χ0v) is 16.5. The van der Waals surface area contributed by atoms with Crippen LogP contribution in [-0.2, 0) is 4.79 Å². The van der Waals surface area contributed by atoms with Crippen molar-refractivity contribution in [3.8, 4) is 0 Å². The van der Waals surface area contributed by atoms with Crippen molar-refractivity contribution in [2.75, 3.05) is 5.32 Å². The maximum absolute atomic E-state index is 13.0. The third-order valence-corrected chi connectivity index (χ3v) is 5.91. The Morgan fingerprint density at radius 1 is 0.808 bits per heavy atom. The molecule has 0 radical (unpaired) electrons. The highest BCUT2D eigenvalue weighted by atomic mass is 35.5. The normalized spacial score (nSPS) is 11.8. The third kappa shape index (κ3) is 4.74. The molecule has 1 unspecified atom stereocenters. The summed E-state index contributed by atoms with van der Waals surface area (Å²) in [5.74, 6) is -0.189. The van der Waals surface area contributed by atoms with Crippen molar-refractivity contribution < 1.29 is 4.79 Å². The maximum Gasteiger partial charge on any atom is 0.242 e. The van der Waals surface area contributed by atoms with Crippen molar-refractivity contribution >= 4 is 58.2 Å². The van der Waals surface area contributed by atoms with Gasteiger partial charge in [0.2, 0.25) is 5.91 Å². The lowest BCUT2D eigenvalue weighted by Gasteiger charge is -2.18. The van der Waals surface area contributed by atoms with Crippen molar-refractivity contribution in [3.05, 3.63) is 93.4 Å². The lowest BCUT2D eigenvalue weighted by atomic mass is 10.1. The molecule has 1 atom stereocenters. The average molecular weight is 423 g/mol. The number of anilines is 1. The number of carbonyl (C=O) groups is 1. The Kier molecular flexibility index (Phi) is 6.49. The zero-order chi connectivity index (χ0) is 18.5. The average Bonchev–Trinajstić information content (AvgIpc) is 2.65. The van der Waals surface area contributed by atoms with Gasteiger partial charge in [0.15, 0.2) is 0 Å². The minimum absolute atomic E-state index is 0.189. The van der Waals surface area contributed by atoms with Gasteiger partial charge in [0, 0.05) is 4.90 Å².